The van der Waals surface area contributed by atoms with Crippen LogP contribution in [-0.2, 0) is 9.47 Å². The number of ether oxygens (including phenoxy) is 2. The number of hydrogen-bond donors (Lipinski definition) is 1. The largest absolute Gasteiger partial charge is 0.383 e. The van der Waals surface area contributed by atoms with Crippen molar-refractivity contribution >= 4 is 23.2 Å². The fraction of sp³-hybridized carbons (Fsp3) is 0.600. The van der Waals surface area contributed by atoms with Gasteiger partial charge in [0.25, 0.3) is 0 Å². The molecular weight excluding hydrogens is 297 g/mol. The van der Waals surface area contributed by atoms with E-state index in [0.29, 0.717) is 16.0 Å². The Labute approximate surface area is 130 Å². The third-order valence-electron chi connectivity index (χ3n) is 3.55. The van der Waals surface area contributed by atoms with Crippen molar-refractivity contribution in [2.45, 2.75) is 18.9 Å². The molecular formula is C15H21Cl2NO2. The van der Waals surface area contributed by atoms with E-state index in [1.165, 1.54) is 0 Å². The van der Waals surface area contributed by atoms with Gasteiger partial charge in [-0.15, -0.1) is 0 Å². The summed E-state index contributed by atoms with van der Waals surface area (Å²) in [7, 11) is 1.71. The van der Waals surface area contributed by atoms with Crippen LogP contribution in [-0.4, -0.2) is 33.4 Å². The van der Waals surface area contributed by atoms with Gasteiger partial charge in [-0.25, -0.2) is 0 Å². The van der Waals surface area contributed by atoms with Crippen LogP contribution >= 0.6 is 23.2 Å². The number of methoxy groups -OCH3 is 1. The summed E-state index contributed by atoms with van der Waals surface area (Å²) in [5.41, 5.74) is 1.07. The zero-order valence-corrected chi connectivity index (χ0v) is 13.2. The summed E-state index contributed by atoms with van der Waals surface area (Å²) in [4.78, 5) is 0. The lowest BCUT2D eigenvalue weighted by atomic mass is 9.89. The molecule has 5 heteroatoms. The van der Waals surface area contributed by atoms with Gasteiger partial charge >= 0.3 is 0 Å². The van der Waals surface area contributed by atoms with Crippen LogP contribution in [0.15, 0.2) is 18.2 Å². The molecule has 0 saturated carbocycles. The Kier molecular flexibility index (Phi) is 6.59. The van der Waals surface area contributed by atoms with E-state index in [1.54, 1.807) is 13.2 Å². The van der Waals surface area contributed by atoms with Crippen molar-refractivity contribution in [3.63, 3.8) is 0 Å². The first-order valence-electron chi connectivity index (χ1n) is 6.98. The normalized spacial score (nSPS) is 22.9. The molecule has 1 fully saturated rings. The fourth-order valence-electron chi connectivity index (χ4n) is 2.62. The van der Waals surface area contributed by atoms with Gasteiger partial charge in [0, 0.05) is 42.8 Å². The van der Waals surface area contributed by atoms with E-state index < -0.39 is 0 Å². The first-order valence-corrected chi connectivity index (χ1v) is 7.73. The van der Waals surface area contributed by atoms with Gasteiger partial charge in [-0.3, -0.25) is 0 Å². The van der Waals surface area contributed by atoms with Gasteiger partial charge in [0.1, 0.15) is 0 Å². The molecule has 1 N–H and O–H groups in total. The predicted molar refractivity (Wildman–Crippen MR) is 82.6 cm³/mol. The first-order chi connectivity index (χ1) is 9.70. The van der Waals surface area contributed by atoms with Crippen molar-refractivity contribution in [1.29, 1.82) is 0 Å². The molecule has 2 atom stereocenters. The summed E-state index contributed by atoms with van der Waals surface area (Å²) in [6.07, 6.45) is 2.31. The third kappa shape index (κ3) is 4.61. The molecule has 0 radical (unpaired) electrons. The van der Waals surface area contributed by atoms with Gasteiger partial charge < -0.3 is 14.8 Å². The SMILES string of the molecule is COCCNCC1CCCOC1c1cc(Cl)cc(Cl)c1. The average Bonchev–Trinajstić information content (AvgIpc) is 2.43. The molecule has 1 aromatic rings. The van der Waals surface area contributed by atoms with E-state index in [-0.39, 0.29) is 6.10 Å². The summed E-state index contributed by atoms with van der Waals surface area (Å²) in [6.45, 7) is 3.29. The summed E-state index contributed by atoms with van der Waals surface area (Å²) >= 11 is 12.2. The molecule has 0 spiro atoms. The molecule has 0 aliphatic carbocycles. The van der Waals surface area contributed by atoms with E-state index in [9.17, 15) is 0 Å². The number of hydrogen-bond acceptors (Lipinski definition) is 3. The van der Waals surface area contributed by atoms with Crippen molar-refractivity contribution in [3.05, 3.63) is 33.8 Å². The van der Waals surface area contributed by atoms with Gasteiger partial charge in [-0.05, 0) is 36.6 Å². The van der Waals surface area contributed by atoms with Crippen LogP contribution in [0.4, 0.5) is 0 Å². The summed E-state index contributed by atoms with van der Waals surface area (Å²) in [6, 6.07) is 5.65. The van der Waals surface area contributed by atoms with Crippen molar-refractivity contribution in [2.24, 2.45) is 5.92 Å². The van der Waals surface area contributed by atoms with Crippen LogP contribution in [0.5, 0.6) is 0 Å². The summed E-state index contributed by atoms with van der Waals surface area (Å²) in [5, 5.41) is 4.73. The topological polar surface area (TPSA) is 30.5 Å². The molecule has 20 heavy (non-hydrogen) atoms. The number of rotatable bonds is 6. The smallest absolute Gasteiger partial charge is 0.0866 e. The molecule has 1 saturated heterocycles. The van der Waals surface area contributed by atoms with Crippen molar-refractivity contribution in [1.82, 2.24) is 5.32 Å². The Hall–Kier alpha value is -0.320. The number of halogens is 2. The average molecular weight is 318 g/mol. The van der Waals surface area contributed by atoms with Crippen molar-refractivity contribution in [3.8, 4) is 0 Å². The second-order valence-corrected chi connectivity index (χ2v) is 5.97. The summed E-state index contributed by atoms with van der Waals surface area (Å²) < 4.78 is 11.0. The van der Waals surface area contributed by atoms with E-state index >= 15 is 0 Å². The standard InChI is InChI=1S/C15H21Cl2NO2/c1-19-6-4-18-10-11-3-2-5-20-15(11)12-7-13(16)9-14(17)8-12/h7-9,11,15,18H,2-6,10H2,1H3. The predicted octanol–water partition coefficient (Wildman–Crippen LogP) is 3.70. The molecule has 2 unspecified atom stereocenters. The van der Waals surface area contributed by atoms with Crippen molar-refractivity contribution in [2.75, 3.05) is 33.4 Å². The fourth-order valence-corrected chi connectivity index (χ4v) is 3.16. The monoisotopic (exact) mass is 317 g/mol. The molecule has 1 aromatic carbocycles. The minimum absolute atomic E-state index is 0.0648. The molecule has 0 bridgehead atoms. The van der Waals surface area contributed by atoms with E-state index in [4.69, 9.17) is 32.7 Å². The molecule has 1 aliphatic rings. The minimum Gasteiger partial charge on any atom is -0.383 e. The van der Waals surface area contributed by atoms with E-state index in [2.05, 4.69) is 5.32 Å². The van der Waals surface area contributed by atoms with Gasteiger partial charge in [-0.1, -0.05) is 23.2 Å². The van der Waals surface area contributed by atoms with Crippen LogP contribution in [0.2, 0.25) is 10.0 Å². The Morgan fingerprint density at radius 3 is 2.75 bits per heavy atom. The Bertz CT molecular complexity index is 408. The molecule has 112 valence electrons. The number of nitrogens with one attached hydrogen (secondary N) is 1. The lowest BCUT2D eigenvalue weighted by Crippen LogP contribution is -2.33. The van der Waals surface area contributed by atoms with Crippen LogP contribution in [0, 0.1) is 5.92 Å². The lowest BCUT2D eigenvalue weighted by Gasteiger charge is -2.32. The Morgan fingerprint density at radius 1 is 1.30 bits per heavy atom. The highest BCUT2D eigenvalue weighted by Gasteiger charge is 2.27. The van der Waals surface area contributed by atoms with Crippen molar-refractivity contribution < 1.29 is 9.47 Å². The van der Waals surface area contributed by atoms with Crippen LogP contribution in [0.3, 0.4) is 0 Å². The highest BCUT2D eigenvalue weighted by molar-refractivity contribution is 6.34. The zero-order valence-electron chi connectivity index (χ0n) is 11.7. The quantitative estimate of drug-likeness (QED) is 0.811. The second kappa shape index (κ2) is 8.20. The minimum atomic E-state index is 0.0648. The van der Waals surface area contributed by atoms with Gasteiger partial charge in [0.2, 0.25) is 0 Å². The molecule has 3 nitrogen and oxygen atoms in total. The van der Waals surface area contributed by atoms with E-state index in [1.807, 2.05) is 12.1 Å². The van der Waals surface area contributed by atoms with Gasteiger partial charge in [0.15, 0.2) is 0 Å². The Morgan fingerprint density at radius 2 is 2.05 bits per heavy atom. The third-order valence-corrected chi connectivity index (χ3v) is 3.98. The Balaban J connectivity index is 2.02. The second-order valence-electron chi connectivity index (χ2n) is 5.09. The lowest BCUT2D eigenvalue weighted by molar-refractivity contribution is -0.0280. The molecule has 1 heterocycles. The van der Waals surface area contributed by atoms with Crippen LogP contribution in [0.1, 0.15) is 24.5 Å². The van der Waals surface area contributed by atoms with Crippen LogP contribution < -0.4 is 5.32 Å². The highest BCUT2D eigenvalue weighted by atomic mass is 35.5. The van der Waals surface area contributed by atoms with Crippen LogP contribution in [0.25, 0.3) is 0 Å². The first kappa shape index (κ1) is 16.1. The number of benzene rings is 1. The van der Waals surface area contributed by atoms with Gasteiger partial charge in [0.05, 0.1) is 12.7 Å². The molecule has 2 rings (SSSR count). The molecule has 0 amide bonds. The summed E-state index contributed by atoms with van der Waals surface area (Å²) in [5.74, 6) is 0.440. The molecule has 0 aromatic heterocycles. The molecule has 1 aliphatic heterocycles. The van der Waals surface area contributed by atoms with Gasteiger partial charge in [-0.2, -0.15) is 0 Å². The maximum atomic E-state index is 6.09. The maximum Gasteiger partial charge on any atom is 0.0866 e. The zero-order chi connectivity index (χ0) is 14.4. The highest BCUT2D eigenvalue weighted by Crippen LogP contribution is 2.35. The maximum absolute atomic E-state index is 6.09. The van der Waals surface area contributed by atoms with E-state index in [0.717, 1.165) is 44.7 Å².